The van der Waals surface area contributed by atoms with Crippen LogP contribution >= 0.6 is 0 Å². The van der Waals surface area contributed by atoms with Crippen LogP contribution in [0.4, 0.5) is 9.18 Å². The van der Waals surface area contributed by atoms with Crippen LogP contribution in [-0.4, -0.2) is 54.9 Å². The normalized spacial score (nSPS) is 14.7. The van der Waals surface area contributed by atoms with E-state index in [1.54, 1.807) is 34.5 Å². The fourth-order valence-corrected chi connectivity index (χ4v) is 4.44. The van der Waals surface area contributed by atoms with Crippen molar-refractivity contribution in [1.82, 2.24) is 29.6 Å². The van der Waals surface area contributed by atoms with E-state index in [0.29, 0.717) is 42.8 Å². The highest BCUT2D eigenvalue weighted by Crippen LogP contribution is 2.32. The number of nitrogens with zero attached hydrogens (tertiary/aromatic N) is 5. The van der Waals surface area contributed by atoms with E-state index in [4.69, 9.17) is 9.26 Å². The molecule has 4 aromatic rings. The Hall–Kier alpha value is -4.02. The maximum Gasteiger partial charge on any atom is 0.410 e. The van der Waals surface area contributed by atoms with Gasteiger partial charge in [0.2, 0.25) is 5.82 Å². The summed E-state index contributed by atoms with van der Waals surface area (Å²) in [6, 6.07) is 7.69. The Morgan fingerprint density at radius 3 is 2.71 bits per heavy atom. The molecule has 1 amide bonds. The van der Waals surface area contributed by atoms with Crippen LogP contribution in [0, 0.1) is 12.7 Å². The zero-order valence-electron chi connectivity index (χ0n) is 19.6. The van der Waals surface area contributed by atoms with E-state index < -0.39 is 5.82 Å². The van der Waals surface area contributed by atoms with E-state index in [0.717, 1.165) is 5.69 Å². The zero-order valence-corrected chi connectivity index (χ0v) is 19.6. The molecule has 5 rings (SSSR count). The second-order valence-corrected chi connectivity index (χ2v) is 8.88. The lowest BCUT2D eigenvalue weighted by Crippen LogP contribution is -2.39. The van der Waals surface area contributed by atoms with Crippen molar-refractivity contribution in [3.63, 3.8) is 0 Å². The molecule has 35 heavy (non-hydrogen) atoms. The Kier molecular flexibility index (Phi) is 5.83. The second kappa shape index (κ2) is 8.97. The van der Waals surface area contributed by atoms with E-state index in [1.165, 1.54) is 12.1 Å². The molecule has 1 aliphatic heterocycles. The minimum absolute atomic E-state index is 0.0201. The van der Waals surface area contributed by atoms with Crippen molar-refractivity contribution in [3.8, 4) is 22.8 Å². The highest BCUT2D eigenvalue weighted by atomic mass is 19.1. The predicted molar refractivity (Wildman–Crippen MR) is 124 cm³/mol. The largest absolute Gasteiger partial charge is 0.447 e. The standard InChI is InChI=1S/C24H25FN6O4/c1-13(2)34-24(33)30-10-8-15(9-11-30)18-12-19(32)26-22-20(14(3)28-31(18)22)23-27-21(29-35-23)16-6-4-5-7-17(16)25/h4-7,12-13,15H,8-11H2,1-3H3,(H,26,32). The molecule has 0 aliphatic carbocycles. The molecular formula is C24H25FN6O4. The first-order valence-corrected chi connectivity index (χ1v) is 11.5. The summed E-state index contributed by atoms with van der Waals surface area (Å²) in [6.45, 7) is 6.46. The van der Waals surface area contributed by atoms with Gasteiger partial charge in [-0.15, -0.1) is 0 Å². The number of rotatable bonds is 4. The molecule has 1 aliphatic rings. The molecule has 0 radical (unpaired) electrons. The number of H-pyrrole nitrogens is 1. The summed E-state index contributed by atoms with van der Waals surface area (Å²) >= 11 is 0. The number of carbonyl (C=O) groups is 1. The first-order chi connectivity index (χ1) is 16.8. The Balaban J connectivity index is 1.47. The minimum atomic E-state index is -0.462. The van der Waals surface area contributed by atoms with Gasteiger partial charge >= 0.3 is 6.09 Å². The van der Waals surface area contributed by atoms with Crippen molar-refractivity contribution < 1.29 is 18.4 Å². The Labute approximate surface area is 199 Å². The smallest absolute Gasteiger partial charge is 0.410 e. The van der Waals surface area contributed by atoms with Crippen LogP contribution in [0.25, 0.3) is 28.5 Å². The van der Waals surface area contributed by atoms with Crippen LogP contribution in [0.15, 0.2) is 39.6 Å². The summed E-state index contributed by atoms with van der Waals surface area (Å²) in [5, 5.41) is 8.56. The van der Waals surface area contributed by atoms with E-state index >= 15 is 0 Å². The van der Waals surface area contributed by atoms with E-state index in [2.05, 4.69) is 20.2 Å². The quantitative estimate of drug-likeness (QED) is 0.470. The molecule has 3 aromatic heterocycles. The third kappa shape index (κ3) is 4.29. The number of likely N-dealkylation sites (tertiary alicyclic amines) is 1. The van der Waals surface area contributed by atoms with Crippen molar-refractivity contribution in [1.29, 1.82) is 0 Å². The van der Waals surface area contributed by atoms with Crippen molar-refractivity contribution in [2.45, 2.75) is 45.6 Å². The first kappa shape index (κ1) is 22.8. The van der Waals surface area contributed by atoms with Crippen LogP contribution in [0.1, 0.15) is 44.0 Å². The molecular weight excluding hydrogens is 455 g/mol. The van der Waals surface area contributed by atoms with Crippen LogP contribution < -0.4 is 5.56 Å². The summed E-state index contributed by atoms with van der Waals surface area (Å²) in [4.78, 5) is 33.7. The molecule has 10 nitrogen and oxygen atoms in total. The summed E-state index contributed by atoms with van der Waals surface area (Å²) in [7, 11) is 0. The molecule has 1 N–H and O–H groups in total. The van der Waals surface area contributed by atoms with Gasteiger partial charge in [-0.05, 0) is 45.7 Å². The molecule has 0 bridgehead atoms. The van der Waals surface area contributed by atoms with Gasteiger partial charge in [-0.1, -0.05) is 17.3 Å². The number of piperidine rings is 1. The van der Waals surface area contributed by atoms with Gasteiger partial charge in [0.25, 0.3) is 11.4 Å². The molecule has 0 spiro atoms. The van der Waals surface area contributed by atoms with E-state index in [9.17, 15) is 14.0 Å². The predicted octanol–water partition coefficient (Wildman–Crippen LogP) is 3.91. The van der Waals surface area contributed by atoms with Crippen molar-refractivity contribution >= 4 is 11.7 Å². The molecule has 11 heteroatoms. The number of aryl methyl sites for hydroxylation is 1. The van der Waals surface area contributed by atoms with Crippen LogP contribution in [-0.2, 0) is 4.74 Å². The molecule has 0 saturated carbocycles. The Morgan fingerprint density at radius 2 is 2.00 bits per heavy atom. The van der Waals surface area contributed by atoms with Crippen LogP contribution in [0.3, 0.4) is 0 Å². The number of hydrogen-bond acceptors (Lipinski definition) is 7. The van der Waals surface area contributed by atoms with E-state index in [1.807, 2.05) is 13.8 Å². The zero-order chi connectivity index (χ0) is 24.7. The topological polar surface area (TPSA) is 119 Å². The van der Waals surface area contributed by atoms with Gasteiger partial charge in [-0.25, -0.2) is 13.7 Å². The number of carbonyl (C=O) groups excluding carboxylic acids is 1. The average molecular weight is 481 g/mol. The maximum atomic E-state index is 14.2. The lowest BCUT2D eigenvalue weighted by atomic mass is 9.93. The minimum Gasteiger partial charge on any atom is -0.447 e. The number of ether oxygens (including phenoxy) is 1. The third-order valence-electron chi connectivity index (χ3n) is 6.09. The number of hydrogen-bond donors (Lipinski definition) is 1. The Morgan fingerprint density at radius 1 is 1.26 bits per heavy atom. The van der Waals surface area contributed by atoms with Crippen LogP contribution in [0.2, 0.25) is 0 Å². The first-order valence-electron chi connectivity index (χ1n) is 11.5. The summed E-state index contributed by atoms with van der Waals surface area (Å²) in [5.41, 5.74) is 2.16. The number of amides is 1. The van der Waals surface area contributed by atoms with Gasteiger partial charge in [-0.3, -0.25) is 4.79 Å². The van der Waals surface area contributed by atoms with Crippen molar-refractivity contribution in [2.24, 2.45) is 0 Å². The average Bonchev–Trinajstić information content (AvgIpc) is 3.42. The number of nitrogens with one attached hydrogen (secondary N) is 1. The lowest BCUT2D eigenvalue weighted by molar-refractivity contribution is 0.0689. The number of fused-ring (bicyclic) bond motifs is 1. The molecule has 0 unspecified atom stereocenters. The third-order valence-corrected chi connectivity index (χ3v) is 6.09. The second-order valence-electron chi connectivity index (χ2n) is 8.88. The fraction of sp³-hybridized carbons (Fsp3) is 0.375. The van der Waals surface area contributed by atoms with Crippen molar-refractivity contribution in [3.05, 3.63) is 57.9 Å². The molecule has 1 saturated heterocycles. The van der Waals surface area contributed by atoms with Crippen LogP contribution in [0.5, 0.6) is 0 Å². The van der Waals surface area contributed by atoms with Gasteiger partial charge < -0.3 is 19.1 Å². The van der Waals surface area contributed by atoms with Gasteiger partial charge in [0.15, 0.2) is 0 Å². The molecule has 4 heterocycles. The monoisotopic (exact) mass is 480 g/mol. The fourth-order valence-electron chi connectivity index (χ4n) is 4.44. The summed E-state index contributed by atoms with van der Waals surface area (Å²) < 4.78 is 26.6. The molecule has 182 valence electrons. The van der Waals surface area contributed by atoms with Crippen molar-refractivity contribution in [2.75, 3.05) is 13.1 Å². The molecule has 1 fully saturated rings. The molecule has 0 atom stereocenters. The van der Waals surface area contributed by atoms with E-state index in [-0.39, 0.29) is 41.0 Å². The van der Waals surface area contributed by atoms with Gasteiger partial charge in [0.1, 0.15) is 17.0 Å². The highest BCUT2D eigenvalue weighted by molar-refractivity contribution is 5.75. The number of aromatic nitrogens is 5. The maximum absolute atomic E-state index is 14.2. The van der Waals surface area contributed by atoms with Gasteiger partial charge in [0, 0.05) is 25.1 Å². The summed E-state index contributed by atoms with van der Waals surface area (Å²) in [6.07, 6.45) is 0.825. The molecule has 1 aromatic carbocycles. The number of halogens is 1. The lowest BCUT2D eigenvalue weighted by Gasteiger charge is -2.31. The van der Waals surface area contributed by atoms with Gasteiger partial charge in [0.05, 0.1) is 23.1 Å². The number of aromatic amines is 1. The number of benzene rings is 1. The SMILES string of the molecule is Cc1nn2c(C3CCN(C(=O)OC(C)C)CC3)cc(=O)[nH]c2c1-c1nc(-c2ccccc2F)no1. The Bertz CT molecular complexity index is 1450. The highest BCUT2D eigenvalue weighted by Gasteiger charge is 2.29. The van der Waals surface area contributed by atoms with Gasteiger partial charge in [-0.2, -0.15) is 10.1 Å². The summed E-state index contributed by atoms with van der Waals surface area (Å²) in [5.74, 6) is -0.201.